The van der Waals surface area contributed by atoms with Gasteiger partial charge in [-0.1, -0.05) is 32.4 Å². The lowest BCUT2D eigenvalue weighted by atomic mass is 10.0. The fourth-order valence-corrected chi connectivity index (χ4v) is 1.62. The standard InChI is InChI=1S/C16H20N2O2/c1-3-12(2)15(19)11-18-16(20)8-7-13-5-4-6-14(9-13)10-17/h4-9,12,15,19H,3,11H2,1-2H3,(H,18,20)/b8-7+. The van der Waals surface area contributed by atoms with Gasteiger partial charge in [0.05, 0.1) is 17.7 Å². The molecule has 1 rings (SSSR count). The van der Waals surface area contributed by atoms with E-state index < -0.39 is 6.10 Å². The third kappa shape index (κ3) is 5.25. The number of carbonyl (C=O) groups excluding carboxylic acids is 1. The number of amides is 1. The zero-order chi connectivity index (χ0) is 15.0. The molecule has 4 heteroatoms. The Labute approximate surface area is 119 Å². The molecule has 2 atom stereocenters. The number of aliphatic hydroxyl groups is 1. The van der Waals surface area contributed by atoms with Crippen molar-refractivity contribution < 1.29 is 9.90 Å². The lowest BCUT2D eigenvalue weighted by Gasteiger charge is -2.16. The number of nitrogens with zero attached hydrogens (tertiary/aromatic N) is 1. The van der Waals surface area contributed by atoms with E-state index in [2.05, 4.69) is 5.32 Å². The second-order valence-electron chi connectivity index (χ2n) is 4.77. The molecule has 0 spiro atoms. The van der Waals surface area contributed by atoms with Gasteiger partial charge in [0.25, 0.3) is 0 Å². The Hall–Kier alpha value is -2.12. The van der Waals surface area contributed by atoms with E-state index in [4.69, 9.17) is 5.26 Å². The number of hydrogen-bond acceptors (Lipinski definition) is 3. The third-order valence-electron chi connectivity index (χ3n) is 3.23. The van der Waals surface area contributed by atoms with E-state index in [0.29, 0.717) is 5.56 Å². The summed E-state index contributed by atoms with van der Waals surface area (Å²) >= 11 is 0. The number of aliphatic hydroxyl groups excluding tert-OH is 1. The van der Waals surface area contributed by atoms with Gasteiger partial charge in [-0.2, -0.15) is 5.26 Å². The van der Waals surface area contributed by atoms with Crippen molar-refractivity contribution in [1.82, 2.24) is 5.32 Å². The highest BCUT2D eigenvalue weighted by atomic mass is 16.3. The van der Waals surface area contributed by atoms with Gasteiger partial charge in [-0.05, 0) is 29.7 Å². The molecule has 106 valence electrons. The van der Waals surface area contributed by atoms with Gasteiger partial charge in [0.2, 0.25) is 5.91 Å². The first-order valence-corrected chi connectivity index (χ1v) is 6.71. The molecule has 0 aliphatic heterocycles. The first-order chi connectivity index (χ1) is 9.56. The van der Waals surface area contributed by atoms with Crippen LogP contribution in [0.5, 0.6) is 0 Å². The van der Waals surface area contributed by atoms with Crippen molar-refractivity contribution in [2.45, 2.75) is 26.4 Å². The average molecular weight is 272 g/mol. The smallest absolute Gasteiger partial charge is 0.244 e. The van der Waals surface area contributed by atoms with Crippen LogP contribution in [-0.4, -0.2) is 23.7 Å². The van der Waals surface area contributed by atoms with E-state index in [1.165, 1.54) is 6.08 Å². The summed E-state index contributed by atoms with van der Waals surface area (Å²) in [6.07, 6.45) is 3.39. The van der Waals surface area contributed by atoms with Crippen LogP contribution in [0, 0.1) is 17.2 Å². The maximum absolute atomic E-state index is 11.6. The predicted octanol–water partition coefficient (Wildman–Crippen LogP) is 2.09. The fourth-order valence-electron chi connectivity index (χ4n) is 1.62. The van der Waals surface area contributed by atoms with Gasteiger partial charge in [-0.15, -0.1) is 0 Å². The van der Waals surface area contributed by atoms with E-state index in [1.807, 2.05) is 26.0 Å². The maximum atomic E-state index is 11.6. The maximum Gasteiger partial charge on any atom is 0.244 e. The molecule has 0 bridgehead atoms. The van der Waals surface area contributed by atoms with Gasteiger partial charge < -0.3 is 10.4 Å². The Bertz CT molecular complexity index is 517. The van der Waals surface area contributed by atoms with E-state index in [1.54, 1.807) is 24.3 Å². The molecule has 20 heavy (non-hydrogen) atoms. The third-order valence-corrected chi connectivity index (χ3v) is 3.23. The number of hydrogen-bond donors (Lipinski definition) is 2. The molecule has 2 unspecified atom stereocenters. The first-order valence-electron chi connectivity index (χ1n) is 6.71. The zero-order valence-electron chi connectivity index (χ0n) is 11.8. The van der Waals surface area contributed by atoms with Crippen molar-refractivity contribution in [3.63, 3.8) is 0 Å². The summed E-state index contributed by atoms with van der Waals surface area (Å²) in [6, 6.07) is 9.05. The van der Waals surface area contributed by atoms with Crippen LogP contribution in [0.15, 0.2) is 30.3 Å². The molecular formula is C16H20N2O2. The number of carbonyl (C=O) groups is 1. The van der Waals surface area contributed by atoms with Crippen LogP contribution in [-0.2, 0) is 4.79 Å². The van der Waals surface area contributed by atoms with Crippen LogP contribution in [0.4, 0.5) is 0 Å². The number of rotatable bonds is 6. The van der Waals surface area contributed by atoms with E-state index in [-0.39, 0.29) is 18.4 Å². The summed E-state index contributed by atoms with van der Waals surface area (Å²) < 4.78 is 0. The topological polar surface area (TPSA) is 73.1 Å². The van der Waals surface area contributed by atoms with E-state index >= 15 is 0 Å². The van der Waals surface area contributed by atoms with Crippen LogP contribution in [0.3, 0.4) is 0 Å². The van der Waals surface area contributed by atoms with Crippen LogP contribution < -0.4 is 5.32 Å². The number of benzene rings is 1. The molecule has 0 fully saturated rings. The van der Waals surface area contributed by atoms with Gasteiger partial charge in [-0.25, -0.2) is 0 Å². The highest BCUT2D eigenvalue weighted by Crippen LogP contribution is 2.07. The SMILES string of the molecule is CCC(C)C(O)CNC(=O)/C=C/c1cccc(C#N)c1. The molecule has 0 saturated carbocycles. The minimum Gasteiger partial charge on any atom is -0.391 e. The van der Waals surface area contributed by atoms with Gasteiger partial charge in [0, 0.05) is 12.6 Å². The van der Waals surface area contributed by atoms with Crippen molar-refractivity contribution in [3.05, 3.63) is 41.5 Å². The Balaban J connectivity index is 2.49. The molecule has 0 aliphatic rings. The summed E-state index contributed by atoms with van der Waals surface area (Å²) in [5.74, 6) is -0.0960. The van der Waals surface area contributed by atoms with Crippen molar-refractivity contribution >= 4 is 12.0 Å². The summed E-state index contributed by atoms with van der Waals surface area (Å²) in [5.41, 5.74) is 1.35. The van der Waals surface area contributed by atoms with Gasteiger partial charge >= 0.3 is 0 Å². The number of nitriles is 1. The van der Waals surface area contributed by atoms with Gasteiger partial charge in [0.15, 0.2) is 0 Å². The van der Waals surface area contributed by atoms with Crippen molar-refractivity contribution in [2.24, 2.45) is 5.92 Å². The summed E-state index contributed by atoms with van der Waals surface area (Å²) in [4.78, 5) is 11.6. The Morgan fingerprint density at radius 3 is 2.95 bits per heavy atom. The quantitative estimate of drug-likeness (QED) is 0.779. The predicted molar refractivity (Wildman–Crippen MR) is 78.7 cm³/mol. The Morgan fingerprint density at radius 2 is 2.30 bits per heavy atom. The van der Waals surface area contributed by atoms with Gasteiger partial charge in [0.1, 0.15) is 0 Å². The molecule has 0 heterocycles. The largest absolute Gasteiger partial charge is 0.391 e. The molecule has 0 aromatic heterocycles. The second-order valence-corrected chi connectivity index (χ2v) is 4.77. The minimum absolute atomic E-state index is 0.159. The second kappa shape index (κ2) is 8.13. The van der Waals surface area contributed by atoms with Crippen molar-refractivity contribution in [1.29, 1.82) is 5.26 Å². The summed E-state index contributed by atoms with van der Waals surface area (Å²) in [6.45, 7) is 4.19. The van der Waals surface area contributed by atoms with Crippen LogP contribution in [0.2, 0.25) is 0 Å². The van der Waals surface area contributed by atoms with Gasteiger partial charge in [-0.3, -0.25) is 4.79 Å². The van der Waals surface area contributed by atoms with Crippen molar-refractivity contribution in [3.8, 4) is 6.07 Å². The lowest BCUT2D eigenvalue weighted by molar-refractivity contribution is -0.117. The van der Waals surface area contributed by atoms with Crippen LogP contribution in [0.1, 0.15) is 31.4 Å². The lowest BCUT2D eigenvalue weighted by Crippen LogP contribution is -2.34. The normalized spacial score (nSPS) is 13.7. The molecule has 0 saturated heterocycles. The first kappa shape index (κ1) is 15.9. The molecule has 2 N–H and O–H groups in total. The Morgan fingerprint density at radius 1 is 1.55 bits per heavy atom. The highest BCUT2D eigenvalue weighted by Gasteiger charge is 2.12. The van der Waals surface area contributed by atoms with Crippen LogP contribution in [0.25, 0.3) is 6.08 Å². The zero-order valence-corrected chi connectivity index (χ0v) is 11.8. The molecule has 4 nitrogen and oxygen atoms in total. The molecule has 1 aromatic carbocycles. The molecule has 0 radical (unpaired) electrons. The highest BCUT2D eigenvalue weighted by molar-refractivity contribution is 5.91. The molecule has 1 aromatic rings. The minimum atomic E-state index is -0.528. The van der Waals surface area contributed by atoms with Crippen LogP contribution >= 0.6 is 0 Å². The average Bonchev–Trinajstić information content (AvgIpc) is 2.49. The van der Waals surface area contributed by atoms with Crippen molar-refractivity contribution in [2.75, 3.05) is 6.54 Å². The summed E-state index contributed by atoms with van der Waals surface area (Å²) in [7, 11) is 0. The number of nitrogens with one attached hydrogen (secondary N) is 1. The molecule has 1 amide bonds. The Kier molecular flexibility index (Phi) is 6.48. The van der Waals surface area contributed by atoms with E-state index in [0.717, 1.165) is 12.0 Å². The summed E-state index contributed by atoms with van der Waals surface area (Å²) in [5, 5.41) is 21.2. The fraction of sp³-hybridized carbons (Fsp3) is 0.375. The molecule has 0 aliphatic carbocycles. The van der Waals surface area contributed by atoms with E-state index in [9.17, 15) is 9.90 Å². The monoisotopic (exact) mass is 272 g/mol. The molecular weight excluding hydrogens is 252 g/mol.